The maximum Gasteiger partial charge on any atom is 0.225 e. The molecule has 5 nitrogen and oxygen atoms in total. The van der Waals surface area contributed by atoms with Crippen LogP contribution >= 0.6 is 0 Å². The van der Waals surface area contributed by atoms with E-state index >= 15 is 0 Å². The first-order chi connectivity index (χ1) is 8.20. The lowest BCUT2D eigenvalue weighted by molar-refractivity contribution is 0.0852. The zero-order valence-electron chi connectivity index (χ0n) is 10.5. The molecule has 2 heterocycles. The minimum atomic E-state index is 0.456. The van der Waals surface area contributed by atoms with Gasteiger partial charge in [-0.2, -0.15) is 0 Å². The van der Waals surface area contributed by atoms with E-state index < -0.39 is 0 Å². The van der Waals surface area contributed by atoms with Crippen LogP contribution in [0.4, 0.5) is 5.95 Å². The Morgan fingerprint density at radius 2 is 2.12 bits per heavy atom. The fourth-order valence-electron chi connectivity index (χ4n) is 2.11. The van der Waals surface area contributed by atoms with Gasteiger partial charge in [-0.3, -0.25) is 0 Å². The van der Waals surface area contributed by atoms with E-state index in [0.717, 1.165) is 43.4 Å². The monoisotopic (exact) mass is 236 g/mol. The van der Waals surface area contributed by atoms with Gasteiger partial charge in [0.1, 0.15) is 0 Å². The zero-order valence-corrected chi connectivity index (χ0v) is 10.5. The molecule has 5 heteroatoms. The zero-order chi connectivity index (χ0) is 12.3. The summed E-state index contributed by atoms with van der Waals surface area (Å²) >= 11 is 0. The van der Waals surface area contributed by atoms with Gasteiger partial charge in [0.25, 0.3) is 0 Å². The molecule has 0 atom stereocenters. The number of hydrogen-bond donors (Lipinski definition) is 1. The van der Waals surface area contributed by atoms with Crippen LogP contribution in [0, 0.1) is 6.92 Å². The van der Waals surface area contributed by atoms with Crippen molar-refractivity contribution >= 4 is 5.95 Å². The molecule has 94 valence electrons. The van der Waals surface area contributed by atoms with Crippen LogP contribution in [-0.2, 0) is 11.3 Å². The molecule has 0 unspecified atom stereocenters. The number of nitrogens with two attached hydrogens (primary N) is 1. The Morgan fingerprint density at radius 1 is 1.41 bits per heavy atom. The van der Waals surface area contributed by atoms with Crippen molar-refractivity contribution in [2.75, 3.05) is 25.2 Å². The smallest absolute Gasteiger partial charge is 0.225 e. The summed E-state index contributed by atoms with van der Waals surface area (Å²) in [5, 5.41) is 0. The highest BCUT2D eigenvalue weighted by Gasteiger charge is 2.20. The fourth-order valence-corrected chi connectivity index (χ4v) is 2.11. The van der Waals surface area contributed by atoms with E-state index in [4.69, 9.17) is 10.5 Å². The van der Waals surface area contributed by atoms with Gasteiger partial charge in [0.15, 0.2) is 0 Å². The van der Waals surface area contributed by atoms with Crippen LogP contribution in [-0.4, -0.2) is 36.3 Å². The third-order valence-electron chi connectivity index (χ3n) is 3.16. The van der Waals surface area contributed by atoms with Crippen LogP contribution < -0.4 is 10.6 Å². The van der Waals surface area contributed by atoms with E-state index in [9.17, 15) is 0 Å². The van der Waals surface area contributed by atoms with Crippen molar-refractivity contribution in [3.05, 3.63) is 17.5 Å². The molecule has 0 aliphatic carbocycles. The van der Waals surface area contributed by atoms with Gasteiger partial charge in [-0.15, -0.1) is 0 Å². The molecule has 17 heavy (non-hydrogen) atoms. The molecule has 1 fully saturated rings. The lowest BCUT2D eigenvalue weighted by Gasteiger charge is -2.31. The summed E-state index contributed by atoms with van der Waals surface area (Å²) in [6.45, 7) is 4.08. The van der Waals surface area contributed by atoms with Crippen molar-refractivity contribution in [1.82, 2.24) is 9.97 Å². The number of aryl methyl sites for hydroxylation is 1. The molecule has 0 saturated carbocycles. The maximum absolute atomic E-state index is 5.64. The minimum absolute atomic E-state index is 0.456. The molecule has 2 N–H and O–H groups in total. The predicted octanol–water partition coefficient (Wildman–Crippen LogP) is 0.859. The normalized spacial score (nSPS) is 17.1. The molecule has 0 radical (unpaired) electrons. The van der Waals surface area contributed by atoms with Crippen LogP contribution in [0.15, 0.2) is 6.07 Å². The summed E-state index contributed by atoms with van der Waals surface area (Å²) in [5.74, 6) is 0.775. The molecular formula is C12H20N4O. The van der Waals surface area contributed by atoms with Crippen LogP contribution in [0.2, 0.25) is 0 Å². The molecule has 1 aromatic rings. The van der Waals surface area contributed by atoms with Gasteiger partial charge in [-0.05, 0) is 25.8 Å². The van der Waals surface area contributed by atoms with Crippen LogP contribution in [0.3, 0.4) is 0 Å². The molecule has 0 amide bonds. The van der Waals surface area contributed by atoms with E-state index in [1.165, 1.54) is 0 Å². The van der Waals surface area contributed by atoms with Gasteiger partial charge < -0.3 is 15.4 Å². The van der Waals surface area contributed by atoms with Crippen molar-refractivity contribution in [2.24, 2.45) is 5.73 Å². The van der Waals surface area contributed by atoms with Crippen molar-refractivity contribution in [3.8, 4) is 0 Å². The Morgan fingerprint density at radius 3 is 2.76 bits per heavy atom. The van der Waals surface area contributed by atoms with Crippen LogP contribution in [0.25, 0.3) is 0 Å². The van der Waals surface area contributed by atoms with Crippen molar-refractivity contribution in [3.63, 3.8) is 0 Å². The van der Waals surface area contributed by atoms with Gasteiger partial charge in [-0.1, -0.05) is 0 Å². The fraction of sp³-hybridized carbons (Fsp3) is 0.667. The van der Waals surface area contributed by atoms with Crippen molar-refractivity contribution < 1.29 is 4.74 Å². The topological polar surface area (TPSA) is 64.3 Å². The summed E-state index contributed by atoms with van der Waals surface area (Å²) in [5.41, 5.74) is 7.50. The highest BCUT2D eigenvalue weighted by atomic mass is 16.5. The molecular weight excluding hydrogens is 216 g/mol. The number of hydrogen-bond acceptors (Lipinski definition) is 5. The number of aromatic nitrogens is 2. The van der Waals surface area contributed by atoms with E-state index in [1.807, 2.05) is 20.0 Å². The molecule has 2 rings (SSSR count). The summed E-state index contributed by atoms with van der Waals surface area (Å²) in [6, 6.07) is 2.40. The highest BCUT2D eigenvalue weighted by molar-refractivity contribution is 5.32. The average molecular weight is 236 g/mol. The molecule has 0 aromatic carbocycles. The quantitative estimate of drug-likeness (QED) is 0.843. The Bertz CT molecular complexity index is 377. The van der Waals surface area contributed by atoms with Gasteiger partial charge in [0.2, 0.25) is 5.95 Å². The second-order valence-electron chi connectivity index (χ2n) is 4.46. The third kappa shape index (κ3) is 2.92. The number of nitrogens with zero attached hydrogens (tertiary/aromatic N) is 3. The molecule has 0 bridgehead atoms. The maximum atomic E-state index is 5.64. The van der Waals surface area contributed by atoms with Crippen molar-refractivity contribution in [2.45, 2.75) is 32.4 Å². The van der Waals surface area contributed by atoms with Gasteiger partial charge >= 0.3 is 0 Å². The third-order valence-corrected chi connectivity index (χ3v) is 3.16. The average Bonchev–Trinajstić information content (AvgIpc) is 2.38. The predicted molar refractivity (Wildman–Crippen MR) is 66.9 cm³/mol. The Labute approximate surface area is 102 Å². The Kier molecular flexibility index (Phi) is 3.91. The lowest BCUT2D eigenvalue weighted by atomic mass is 10.1. The second kappa shape index (κ2) is 5.42. The summed E-state index contributed by atoms with van der Waals surface area (Å²) < 4.78 is 5.37. The van der Waals surface area contributed by atoms with E-state index in [0.29, 0.717) is 12.6 Å². The number of anilines is 1. The van der Waals surface area contributed by atoms with Gasteiger partial charge in [0.05, 0.1) is 5.69 Å². The SMILES string of the molecule is Cc1cc(CN)nc(N(C)C2CCOCC2)n1. The molecule has 1 aliphatic rings. The van der Waals surface area contributed by atoms with Crippen molar-refractivity contribution in [1.29, 1.82) is 0 Å². The Balaban J connectivity index is 2.17. The number of rotatable bonds is 3. The first-order valence-corrected chi connectivity index (χ1v) is 6.06. The summed E-state index contributed by atoms with van der Waals surface area (Å²) in [7, 11) is 2.05. The van der Waals surface area contributed by atoms with Crippen LogP contribution in [0.5, 0.6) is 0 Å². The summed E-state index contributed by atoms with van der Waals surface area (Å²) in [6.07, 6.45) is 2.07. The molecule has 1 saturated heterocycles. The molecule has 0 spiro atoms. The largest absolute Gasteiger partial charge is 0.381 e. The van der Waals surface area contributed by atoms with E-state index in [-0.39, 0.29) is 0 Å². The lowest BCUT2D eigenvalue weighted by Crippen LogP contribution is -2.37. The second-order valence-corrected chi connectivity index (χ2v) is 4.46. The number of ether oxygens (including phenoxy) is 1. The Hall–Kier alpha value is -1.20. The minimum Gasteiger partial charge on any atom is -0.381 e. The van der Waals surface area contributed by atoms with E-state index in [2.05, 4.69) is 14.9 Å². The standard InChI is InChI=1S/C12H20N4O/c1-9-7-10(8-13)15-12(14-9)16(2)11-3-5-17-6-4-11/h7,11H,3-6,8,13H2,1-2H3. The van der Waals surface area contributed by atoms with Gasteiger partial charge in [0, 0.05) is 38.5 Å². The van der Waals surface area contributed by atoms with E-state index in [1.54, 1.807) is 0 Å². The molecule has 1 aliphatic heterocycles. The van der Waals surface area contributed by atoms with Crippen LogP contribution in [0.1, 0.15) is 24.2 Å². The molecule has 1 aromatic heterocycles. The summed E-state index contributed by atoms with van der Waals surface area (Å²) in [4.78, 5) is 11.1. The first-order valence-electron chi connectivity index (χ1n) is 6.06. The van der Waals surface area contributed by atoms with Gasteiger partial charge in [-0.25, -0.2) is 9.97 Å². The highest BCUT2D eigenvalue weighted by Crippen LogP contribution is 2.18. The first kappa shape index (κ1) is 12.3.